The Balaban J connectivity index is 3.23. The molecule has 0 aliphatic rings. The van der Waals surface area contributed by atoms with Gasteiger partial charge in [0.1, 0.15) is 5.56 Å². The van der Waals surface area contributed by atoms with Crippen LogP contribution < -0.4 is 5.73 Å². The summed E-state index contributed by atoms with van der Waals surface area (Å²) in [7, 11) is 0. The molecular formula is C11H9F3N2O2. The lowest BCUT2D eigenvalue weighted by atomic mass is 10.1. The van der Waals surface area contributed by atoms with E-state index in [9.17, 15) is 23.3 Å². The van der Waals surface area contributed by atoms with Crippen molar-refractivity contribution in [2.75, 3.05) is 6.54 Å². The first-order valence-electron chi connectivity index (χ1n) is 4.91. The minimum Gasteiger partial charge on any atom is -0.330 e. The largest absolute Gasteiger partial charge is 0.416 e. The molecule has 7 heteroatoms. The second-order valence-electron chi connectivity index (χ2n) is 3.33. The third-order valence-corrected chi connectivity index (χ3v) is 2.01. The van der Waals surface area contributed by atoms with Crippen LogP contribution in [0.25, 0.3) is 0 Å². The van der Waals surface area contributed by atoms with Crippen molar-refractivity contribution in [1.29, 1.82) is 0 Å². The molecule has 0 bridgehead atoms. The van der Waals surface area contributed by atoms with Gasteiger partial charge in [0.25, 0.3) is 5.69 Å². The summed E-state index contributed by atoms with van der Waals surface area (Å²) >= 11 is 0. The average molecular weight is 258 g/mol. The Morgan fingerprint density at radius 2 is 2.06 bits per heavy atom. The van der Waals surface area contributed by atoms with Gasteiger partial charge in [-0.25, -0.2) is 0 Å². The number of rotatable bonds is 2. The van der Waals surface area contributed by atoms with Crippen molar-refractivity contribution >= 4 is 5.69 Å². The fraction of sp³-hybridized carbons (Fsp3) is 0.273. The maximum absolute atomic E-state index is 12.4. The van der Waals surface area contributed by atoms with E-state index in [1.165, 1.54) is 0 Å². The fourth-order valence-corrected chi connectivity index (χ4v) is 1.19. The quantitative estimate of drug-likeness (QED) is 0.502. The first-order valence-corrected chi connectivity index (χ1v) is 4.91. The maximum atomic E-state index is 12.4. The summed E-state index contributed by atoms with van der Waals surface area (Å²) in [6.45, 7) is 0.279. The highest BCUT2D eigenvalue weighted by Gasteiger charge is 2.32. The van der Waals surface area contributed by atoms with Crippen LogP contribution in [0.5, 0.6) is 0 Å². The Labute approximate surface area is 101 Å². The lowest BCUT2D eigenvalue weighted by molar-refractivity contribution is -0.385. The van der Waals surface area contributed by atoms with Crippen LogP contribution in [0.4, 0.5) is 18.9 Å². The minimum atomic E-state index is -4.62. The van der Waals surface area contributed by atoms with E-state index in [1.807, 2.05) is 0 Å². The van der Waals surface area contributed by atoms with Crippen LogP contribution in [-0.4, -0.2) is 11.5 Å². The number of alkyl halides is 3. The monoisotopic (exact) mass is 258 g/mol. The molecule has 1 aromatic rings. The minimum absolute atomic E-state index is 0.0542. The molecule has 0 atom stereocenters. The molecule has 18 heavy (non-hydrogen) atoms. The van der Waals surface area contributed by atoms with Gasteiger partial charge in [0.15, 0.2) is 0 Å². The summed E-state index contributed by atoms with van der Waals surface area (Å²) in [5.41, 5.74) is 3.40. The molecule has 0 radical (unpaired) electrons. The van der Waals surface area contributed by atoms with Crippen molar-refractivity contribution in [3.8, 4) is 11.8 Å². The molecule has 0 aliphatic heterocycles. The van der Waals surface area contributed by atoms with Gasteiger partial charge in [0.05, 0.1) is 10.5 Å². The predicted octanol–water partition coefficient (Wildman–Crippen LogP) is 2.31. The molecule has 0 fully saturated rings. The van der Waals surface area contributed by atoms with Gasteiger partial charge in [-0.05, 0) is 12.1 Å². The topological polar surface area (TPSA) is 69.2 Å². The average Bonchev–Trinajstić information content (AvgIpc) is 2.28. The highest BCUT2D eigenvalue weighted by Crippen LogP contribution is 2.32. The van der Waals surface area contributed by atoms with E-state index in [2.05, 4.69) is 11.8 Å². The van der Waals surface area contributed by atoms with Gasteiger partial charge in [-0.15, -0.1) is 0 Å². The smallest absolute Gasteiger partial charge is 0.330 e. The van der Waals surface area contributed by atoms with Crippen LogP contribution in [0.1, 0.15) is 17.5 Å². The van der Waals surface area contributed by atoms with Gasteiger partial charge in [-0.2, -0.15) is 13.2 Å². The Kier molecular flexibility index (Phi) is 4.28. The maximum Gasteiger partial charge on any atom is 0.416 e. The Bertz CT molecular complexity index is 515. The molecular weight excluding hydrogens is 249 g/mol. The molecule has 1 rings (SSSR count). The number of hydrogen-bond acceptors (Lipinski definition) is 3. The molecule has 0 spiro atoms. The van der Waals surface area contributed by atoms with Crippen LogP contribution in [-0.2, 0) is 6.18 Å². The van der Waals surface area contributed by atoms with E-state index >= 15 is 0 Å². The number of nitrogens with zero attached hydrogens (tertiary/aromatic N) is 1. The normalized spacial score (nSPS) is 10.7. The molecule has 0 unspecified atom stereocenters. The number of halogens is 3. The van der Waals surface area contributed by atoms with Gasteiger partial charge in [-0.3, -0.25) is 10.1 Å². The molecule has 0 amide bonds. The molecule has 0 aliphatic carbocycles. The lowest BCUT2D eigenvalue weighted by Crippen LogP contribution is -2.06. The summed E-state index contributed by atoms with van der Waals surface area (Å²) in [6.07, 6.45) is -4.30. The van der Waals surface area contributed by atoms with E-state index < -0.39 is 22.4 Å². The molecule has 0 saturated carbocycles. The van der Waals surface area contributed by atoms with Crippen LogP contribution >= 0.6 is 0 Å². The van der Waals surface area contributed by atoms with Gasteiger partial charge in [0.2, 0.25) is 0 Å². The second-order valence-corrected chi connectivity index (χ2v) is 3.33. The van der Waals surface area contributed by atoms with E-state index in [4.69, 9.17) is 5.73 Å². The summed E-state index contributed by atoms with van der Waals surface area (Å²) in [6, 6.07) is 2.23. The van der Waals surface area contributed by atoms with E-state index in [1.54, 1.807) is 0 Å². The summed E-state index contributed by atoms with van der Waals surface area (Å²) in [4.78, 5) is 9.79. The van der Waals surface area contributed by atoms with Crippen molar-refractivity contribution in [3.05, 3.63) is 39.4 Å². The zero-order valence-corrected chi connectivity index (χ0v) is 9.12. The van der Waals surface area contributed by atoms with Gasteiger partial charge in [-0.1, -0.05) is 11.8 Å². The number of benzene rings is 1. The van der Waals surface area contributed by atoms with Crippen molar-refractivity contribution in [2.45, 2.75) is 12.6 Å². The summed E-state index contributed by atoms with van der Waals surface area (Å²) < 4.78 is 37.2. The van der Waals surface area contributed by atoms with E-state index in [-0.39, 0.29) is 12.1 Å². The van der Waals surface area contributed by atoms with Crippen LogP contribution in [0, 0.1) is 22.0 Å². The first-order chi connectivity index (χ1) is 8.36. The molecule has 0 aromatic heterocycles. The SMILES string of the molecule is NCCC#Cc1ccc(C(F)(F)F)cc1[N+](=O)[O-]. The standard InChI is InChI=1S/C11H9F3N2O2/c12-11(13,14)9-5-4-8(3-1-2-6-15)10(7-9)16(17)18/h4-5,7H,2,6,15H2. The number of hydrogen-bond donors (Lipinski definition) is 1. The van der Waals surface area contributed by atoms with Crippen LogP contribution in [0.3, 0.4) is 0 Å². The van der Waals surface area contributed by atoms with Crippen molar-refractivity contribution < 1.29 is 18.1 Å². The Morgan fingerprint density at radius 3 is 2.56 bits per heavy atom. The highest BCUT2D eigenvalue weighted by atomic mass is 19.4. The third kappa shape index (κ3) is 3.46. The Hall–Kier alpha value is -2.07. The highest BCUT2D eigenvalue weighted by molar-refractivity contribution is 5.53. The second kappa shape index (κ2) is 5.51. The molecule has 0 heterocycles. The van der Waals surface area contributed by atoms with Crippen LogP contribution in [0.2, 0.25) is 0 Å². The molecule has 96 valence electrons. The molecule has 2 N–H and O–H groups in total. The van der Waals surface area contributed by atoms with Gasteiger partial charge >= 0.3 is 6.18 Å². The van der Waals surface area contributed by atoms with Crippen molar-refractivity contribution in [1.82, 2.24) is 0 Å². The fourth-order valence-electron chi connectivity index (χ4n) is 1.19. The molecule has 4 nitrogen and oxygen atoms in total. The van der Waals surface area contributed by atoms with Crippen molar-refractivity contribution in [3.63, 3.8) is 0 Å². The summed E-state index contributed by atoms with van der Waals surface area (Å²) in [5.74, 6) is 4.98. The van der Waals surface area contributed by atoms with Gasteiger partial charge in [0, 0.05) is 19.0 Å². The molecule has 1 aromatic carbocycles. The predicted molar refractivity (Wildman–Crippen MR) is 58.6 cm³/mol. The first kappa shape index (κ1) is 14.0. The molecule has 0 saturated heterocycles. The van der Waals surface area contributed by atoms with E-state index in [0.29, 0.717) is 12.5 Å². The zero-order valence-electron chi connectivity index (χ0n) is 9.12. The number of nitro benzene ring substituents is 1. The number of nitrogens with two attached hydrogens (primary N) is 1. The van der Waals surface area contributed by atoms with Crippen LogP contribution in [0.15, 0.2) is 18.2 Å². The number of nitro groups is 1. The Morgan fingerprint density at radius 1 is 1.39 bits per heavy atom. The zero-order chi connectivity index (χ0) is 13.8. The third-order valence-electron chi connectivity index (χ3n) is 2.01. The summed E-state index contributed by atoms with van der Waals surface area (Å²) in [5, 5.41) is 10.7. The lowest BCUT2D eigenvalue weighted by Gasteiger charge is -2.06. The van der Waals surface area contributed by atoms with E-state index in [0.717, 1.165) is 12.1 Å². The van der Waals surface area contributed by atoms with Crippen molar-refractivity contribution in [2.24, 2.45) is 5.73 Å². The van der Waals surface area contributed by atoms with Gasteiger partial charge < -0.3 is 5.73 Å².